The molecular formula is C24H23NO3. The number of rotatable bonds is 6. The lowest BCUT2D eigenvalue weighted by atomic mass is 9.92. The van der Waals surface area contributed by atoms with Crippen LogP contribution < -0.4 is 14.2 Å². The Bertz CT molecular complexity index is 979. The molecule has 0 bridgehead atoms. The zero-order valence-corrected chi connectivity index (χ0v) is 16.1. The lowest BCUT2D eigenvalue weighted by molar-refractivity contribution is 0.306. The van der Waals surface area contributed by atoms with Crippen LogP contribution in [-0.4, -0.2) is 26.5 Å². The van der Waals surface area contributed by atoms with Gasteiger partial charge in [0.25, 0.3) is 0 Å². The summed E-state index contributed by atoms with van der Waals surface area (Å²) in [7, 11) is 3.32. The third-order valence-electron chi connectivity index (χ3n) is 4.89. The normalized spacial score (nSPS) is 12.7. The van der Waals surface area contributed by atoms with Gasteiger partial charge in [0.05, 0.1) is 19.9 Å². The maximum Gasteiger partial charge on any atom is 0.161 e. The monoisotopic (exact) mass is 373 g/mol. The minimum atomic E-state index is 0.557. The Morgan fingerprint density at radius 3 is 2.29 bits per heavy atom. The highest BCUT2D eigenvalue weighted by atomic mass is 16.5. The summed E-state index contributed by atoms with van der Waals surface area (Å²) in [6.45, 7) is 1.32. The van der Waals surface area contributed by atoms with Crippen LogP contribution in [0.3, 0.4) is 0 Å². The van der Waals surface area contributed by atoms with Crippen LogP contribution >= 0.6 is 0 Å². The number of benzene rings is 3. The van der Waals surface area contributed by atoms with E-state index in [0.717, 1.165) is 52.6 Å². The summed E-state index contributed by atoms with van der Waals surface area (Å²) < 4.78 is 16.8. The van der Waals surface area contributed by atoms with Gasteiger partial charge in [-0.1, -0.05) is 30.3 Å². The van der Waals surface area contributed by atoms with Gasteiger partial charge in [-0.15, -0.1) is 0 Å². The first-order valence-corrected chi connectivity index (χ1v) is 9.35. The fraction of sp³-hybridized carbons (Fsp3) is 0.208. The third-order valence-corrected chi connectivity index (χ3v) is 4.89. The van der Waals surface area contributed by atoms with Gasteiger partial charge in [0.15, 0.2) is 11.5 Å². The molecule has 0 fully saturated rings. The quantitative estimate of drug-likeness (QED) is 0.630. The Labute approximate surface area is 165 Å². The van der Waals surface area contributed by atoms with E-state index in [1.807, 2.05) is 36.4 Å². The van der Waals surface area contributed by atoms with Crippen molar-refractivity contribution in [3.8, 4) is 17.2 Å². The maximum atomic E-state index is 5.89. The summed E-state index contributed by atoms with van der Waals surface area (Å²) in [5, 5.41) is 0. The van der Waals surface area contributed by atoms with Gasteiger partial charge in [-0.2, -0.15) is 0 Å². The number of ether oxygens (including phenoxy) is 3. The molecule has 3 aromatic rings. The van der Waals surface area contributed by atoms with Crippen LogP contribution in [0.25, 0.3) is 0 Å². The SMILES string of the molecule is COc1cc2c(cc1OC)C(c1ccc(OCc3ccccc3)cc1)=NCC2. The van der Waals surface area contributed by atoms with E-state index >= 15 is 0 Å². The summed E-state index contributed by atoms with van der Waals surface area (Å²) in [4.78, 5) is 4.77. The molecule has 0 saturated heterocycles. The molecule has 3 aromatic carbocycles. The molecule has 0 saturated carbocycles. The van der Waals surface area contributed by atoms with Gasteiger partial charge in [0, 0.05) is 17.7 Å². The molecule has 1 aliphatic rings. The van der Waals surface area contributed by atoms with Gasteiger partial charge in [-0.25, -0.2) is 0 Å². The van der Waals surface area contributed by atoms with Crippen LogP contribution in [0.4, 0.5) is 0 Å². The van der Waals surface area contributed by atoms with E-state index in [1.165, 1.54) is 5.56 Å². The molecule has 0 amide bonds. The van der Waals surface area contributed by atoms with Crippen LogP contribution in [0.5, 0.6) is 17.2 Å². The van der Waals surface area contributed by atoms with Gasteiger partial charge in [0.1, 0.15) is 12.4 Å². The first kappa shape index (κ1) is 18.1. The van der Waals surface area contributed by atoms with Crippen molar-refractivity contribution in [1.82, 2.24) is 0 Å². The van der Waals surface area contributed by atoms with Crippen LogP contribution in [0.15, 0.2) is 71.7 Å². The molecule has 1 heterocycles. The lowest BCUT2D eigenvalue weighted by Crippen LogP contribution is -2.14. The van der Waals surface area contributed by atoms with Gasteiger partial charge < -0.3 is 14.2 Å². The minimum Gasteiger partial charge on any atom is -0.493 e. The Morgan fingerprint density at radius 1 is 0.857 bits per heavy atom. The van der Waals surface area contributed by atoms with Crippen LogP contribution in [0.1, 0.15) is 22.3 Å². The van der Waals surface area contributed by atoms with Gasteiger partial charge in [-0.05, 0) is 53.9 Å². The zero-order valence-electron chi connectivity index (χ0n) is 16.1. The number of methoxy groups -OCH3 is 2. The summed E-state index contributed by atoms with van der Waals surface area (Å²) in [5.74, 6) is 2.32. The van der Waals surface area contributed by atoms with Gasteiger partial charge in [-0.3, -0.25) is 4.99 Å². The highest BCUT2D eigenvalue weighted by Crippen LogP contribution is 2.33. The molecular weight excluding hydrogens is 350 g/mol. The second kappa shape index (κ2) is 8.17. The summed E-state index contributed by atoms with van der Waals surface area (Å²) in [6.07, 6.45) is 0.900. The molecule has 28 heavy (non-hydrogen) atoms. The molecule has 0 N–H and O–H groups in total. The molecule has 4 nitrogen and oxygen atoms in total. The minimum absolute atomic E-state index is 0.557. The summed E-state index contributed by atoms with van der Waals surface area (Å²) in [6, 6.07) is 22.3. The Morgan fingerprint density at radius 2 is 1.57 bits per heavy atom. The average Bonchev–Trinajstić information content (AvgIpc) is 2.77. The Kier molecular flexibility index (Phi) is 5.29. The molecule has 0 radical (unpaired) electrons. The molecule has 0 atom stereocenters. The average molecular weight is 373 g/mol. The van der Waals surface area contributed by atoms with Crippen molar-refractivity contribution in [3.63, 3.8) is 0 Å². The smallest absolute Gasteiger partial charge is 0.161 e. The van der Waals surface area contributed by atoms with Crippen molar-refractivity contribution < 1.29 is 14.2 Å². The zero-order chi connectivity index (χ0) is 19.3. The van der Waals surface area contributed by atoms with Crippen molar-refractivity contribution in [2.24, 2.45) is 4.99 Å². The van der Waals surface area contributed by atoms with Crippen molar-refractivity contribution >= 4 is 5.71 Å². The van der Waals surface area contributed by atoms with Crippen molar-refractivity contribution in [1.29, 1.82) is 0 Å². The largest absolute Gasteiger partial charge is 0.493 e. The topological polar surface area (TPSA) is 40.0 Å². The molecule has 0 spiro atoms. The van der Waals surface area contributed by atoms with Crippen LogP contribution in [0, 0.1) is 0 Å². The summed E-state index contributed by atoms with van der Waals surface area (Å²) in [5.41, 5.74) is 5.53. The van der Waals surface area contributed by atoms with Crippen molar-refractivity contribution in [2.45, 2.75) is 13.0 Å². The first-order chi connectivity index (χ1) is 13.8. The number of nitrogens with zero attached hydrogens (tertiary/aromatic N) is 1. The molecule has 0 unspecified atom stereocenters. The van der Waals surface area contributed by atoms with Gasteiger partial charge >= 0.3 is 0 Å². The highest BCUT2D eigenvalue weighted by Gasteiger charge is 2.19. The molecule has 0 aromatic heterocycles. The number of aliphatic imine (C=N–C) groups is 1. The van der Waals surface area contributed by atoms with E-state index in [2.05, 4.69) is 30.3 Å². The Hall–Kier alpha value is -3.27. The first-order valence-electron chi connectivity index (χ1n) is 9.35. The van der Waals surface area contributed by atoms with E-state index in [1.54, 1.807) is 14.2 Å². The lowest BCUT2D eigenvalue weighted by Gasteiger charge is -2.20. The number of hydrogen-bond donors (Lipinski definition) is 0. The molecule has 142 valence electrons. The second-order valence-corrected chi connectivity index (χ2v) is 6.64. The Balaban J connectivity index is 1.56. The fourth-order valence-electron chi connectivity index (χ4n) is 3.42. The molecule has 1 aliphatic heterocycles. The third kappa shape index (κ3) is 3.72. The van der Waals surface area contributed by atoms with E-state index < -0.39 is 0 Å². The number of hydrogen-bond acceptors (Lipinski definition) is 4. The van der Waals surface area contributed by atoms with Crippen molar-refractivity contribution in [2.75, 3.05) is 20.8 Å². The standard InChI is InChI=1S/C24H23NO3/c1-26-22-14-19-12-13-25-24(21(19)15-23(22)27-2)18-8-10-20(11-9-18)28-16-17-6-4-3-5-7-17/h3-11,14-15H,12-13,16H2,1-2H3. The van der Waals surface area contributed by atoms with Crippen LogP contribution in [0.2, 0.25) is 0 Å². The predicted octanol–water partition coefficient (Wildman–Crippen LogP) is 4.68. The fourth-order valence-corrected chi connectivity index (χ4v) is 3.42. The van der Waals surface area contributed by atoms with Crippen LogP contribution in [-0.2, 0) is 13.0 Å². The van der Waals surface area contributed by atoms with Gasteiger partial charge in [0.2, 0.25) is 0 Å². The maximum absolute atomic E-state index is 5.89. The predicted molar refractivity (Wildman–Crippen MR) is 111 cm³/mol. The molecule has 4 heteroatoms. The van der Waals surface area contributed by atoms with Crippen molar-refractivity contribution in [3.05, 3.63) is 89.0 Å². The molecule has 4 rings (SSSR count). The van der Waals surface area contributed by atoms with E-state index in [4.69, 9.17) is 19.2 Å². The number of fused-ring (bicyclic) bond motifs is 1. The van der Waals surface area contributed by atoms with E-state index in [9.17, 15) is 0 Å². The van der Waals surface area contributed by atoms with E-state index in [-0.39, 0.29) is 0 Å². The summed E-state index contributed by atoms with van der Waals surface area (Å²) >= 11 is 0. The second-order valence-electron chi connectivity index (χ2n) is 6.64. The highest BCUT2D eigenvalue weighted by molar-refractivity contribution is 6.14. The molecule has 0 aliphatic carbocycles. The van der Waals surface area contributed by atoms with E-state index in [0.29, 0.717) is 6.61 Å².